The van der Waals surface area contributed by atoms with Crippen molar-refractivity contribution < 1.29 is 10.2 Å². The first-order chi connectivity index (χ1) is 6.55. The standard InChI is InChI=1S/C12H18O2/c1-3-12(2,14)9-11(13)10-7-5-4-6-8-10/h4-8,11,13-14H,3,9H2,1-2H3. The second-order valence-electron chi connectivity index (χ2n) is 3.98. The van der Waals surface area contributed by atoms with E-state index in [0.717, 1.165) is 5.56 Å². The molecule has 0 fully saturated rings. The molecule has 1 rings (SSSR count). The van der Waals surface area contributed by atoms with E-state index in [0.29, 0.717) is 12.8 Å². The molecule has 2 nitrogen and oxygen atoms in total. The van der Waals surface area contributed by atoms with E-state index in [1.54, 1.807) is 6.92 Å². The van der Waals surface area contributed by atoms with Crippen molar-refractivity contribution in [1.82, 2.24) is 0 Å². The number of rotatable bonds is 4. The predicted octanol–water partition coefficient (Wildman–Crippen LogP) is 2.27. The molecule has 0 aliphatic heterocycles. The maximum Gasteiger partial charge on any atom is 0.0817 e. The fraction of sp³-hybridized carbons (Fsp3) is 0.500. The first-order valence-electron chi connectivity index (χ1n) is 5.00. The number of aliphatic hydroxyl groups is 2. The van der Waals surface area contributed by atoms with Gasteiger partial charge in [0.2, 0.25) is 0 Å². The van der Waals surface area contributed by atoms with Crippen molar-refractivity contribution >= 4 is 0 Å². The third-order valence-electron chi connectivity index (χ3n) is 2.58. The highest BCUT2D eigenvalue weighted by atomic mass is 16.3. The topological polar surface area (TPSA) is 40.5 Å². The van der Waals surface area contributed by atoms with Crippen LogP contribution < -0.4 is 0 Å². The Morgan fingerprint density at radius 3 is 2.36 bits per heavy atom. The molecule has 2 heteroatoms. The molecule has 0 aliphatic carbocycles. The molecule has 0 saturated carbocycles. The molecule has 0 aromatic heterocycles. The maximum atomic E-state index is 9.83. The third kappa shape index (κ3) is 3.13. The first kappa shape index (κ1) is 11.2. The largest absolute Gasteiger partial charge is 0.390 e. The van der Waals surface area contributed by atoms with Gasteiger partial charge in [0.15, 0.2) is 0 Å². The molecule has 2 unspecified atom stereocenters. The number of hydrogen-bond acceptors (Lipinski definition) is 2. The summed E-state index contributed by atoms with van der Waals surface area (Å²) in [5.74, 6) is 0. The van der Waals surface area contributed by atoms with Gasteiger partial charge in [-0.15, -0.1) is 0 Å². The van der Waals surface area contributed by atoms with E-state index in [4.69, 9.17) is 0 Å². The Labute approximate surface area is 85.2 Å². The summed E-state index contributed by atoms with van der Waals surface area (Å²) in [6, 6.07) is 9.43. The Balaban J connectivity index is 2.64. The summed E-state index contributed by atoms with van der Waals surface area (Å²) in [5.41, 5.74) is 0.0798. The summed E-state index contributed by atoms with van der Waals surface area (Å²) in [5, 5.41) is 19.6. The van der Waals surface area contributed by atoms with Crippen molar-refractivity contribution in [2.75, 3.05) is 0 Å². The minimum absolute atomic E-state index is 0.382. The molecular formula is C12H18O2. The van der Waals surface area contributed by atoms with Gasteiger partial charge in [0, 0.05) is 6.42 Å². The summed E-state index contributed by atoms with van der Waals surface area (Å²) >= 11 is 0. The van der Waals surface area contributed by atoms with Crippen LogP contribution in [0.4, 0.5) is 0 Å². The zero-order valence-corrected chi connectivity index (χ0v) is 8.77. The molecule has 0 amide bonds. The molecule has 0 heterocycles. The monoisotopic (exact) mass is 194 g/mol. The maximum absolute atomic E-state index is 9.83. The molecule has 0 aliphatic rings. The lowest BCUT2D eigenvalue weighted by atomic mass is 9.92. The predicted molar refractivity (Wildman–Crippen MR) is 56.9 cm³/mol. The number of aliphatic hydroxyl groups excluding tert-OH is 1. The van der Waals surface area contributed by atoms with Gasteiger partial charge in [0.25, 0.3) is 0 Å². The molecule has 2 atom stereocenters. The molecular weight excluding hydrogens is 176 g/mol. The smallest absolute Gasteiger partial charge is 0.0817 e. The van der Waals surface area contributed by atoms with Gasteiger partial charge in [-0.3, -0.25) is 0 Å². The zero-order valence-electron chi connectivity index (χ0n) is 8.77. The van der Waals surface area contributed by atoms with Crippen molar-refractivity contribution in [1.29, 1.82) is 0 Å². The van der Waals surface area contributed by atoms with E-state index in [1.807, 2.05) is 37.3 Å². The summed E-state index contributed by atoms with van der Waals surface area (Å²) in [6.07, 6.45) is 0.455. The fourth-order valence-corrected chi connectivity index (χ4v) is 1.35. The van der Waals surface area contributed by atoms with Crippen LogP contribution in [0.3, 0.4) is 0 Å². The molecule has 2 N–H and O–H groups in total. The van der Waals surface area contributed by atoms with Gasteiger partial charge < -0.3 is 10.2 Å². The molecule has 0 bridgehead atoms. The van der Waals surface area contributed by atoms with Gasteiger partial charge in [-0.05, 0) is 18.9 Å². The minimum Gasteiger partial charge on any atom is -0.390 e. The highest BCUT2D eigenvalue weighted by Crippen LogP contribution is 2.25. The lowest BCUT2D eigenvalue weighted by molar-refractivity contribution is 0.000337. The van der Waals surface area contributed by atoms with Crippen LogP contribution >= 0.6 is 0 Å². The van der Waals surface area contributed by atoms with Gasteiger partial charge in [-0.25, -0.2) is 0 Å². The van der Waals surface area contributed by atoms with E-state index in [-0.39, 0.29) is 0 Å². The lowest BCUT2D eigenvalue weighted by Crippen LogP contribution is -2.25. The zero-order chi connectivity index (χ0) is 10.6. The summed E-state index contributed by atoms with van der Waals surface area (Å²) in [6.45, 7) is 3.66. The Bertz CT molecular complexity index is 267. The van der Waals surface area contributed by atoms with Crippen LogP contribution in [-0.4, -0.2) is 15.8 Å². The molecule has 14 heavy (non-hydrogen) atoms. The summed E-state index contributed by atoms with van der Waals surface area (Å²) < 4.78 is 0. The van der Waals surface area contributed by atoms with Crippen LogP contribution in [-0.2, 0) is 0 Å². The van der Waals surface area contributed by atoms with Crippen molar-refractivity contribution in [3.8, 4) is 0 Å². The lowest BCUT2D eigenvalue weighted by Gasteiger charge is -2.24. The Kier molecular flexibility index (Phi) is 3.67. The Hall–Kier alpha value is -0.860. The third-order valence-corrected chi connectivity index (χ3v) is 2.58. The van der Waals surface area contributed by atoms with E-state index in [9.17, 15) is 10.2 Å². The molecule has 1 aromatic rings. The average molecular weight is 194 g/mol. The van der Waals surface area contributed by atoms with Crippen molar-refractivity contribution in [3.05, 3.63) is 35.9 Å². The fourth-order valence-electron chi connectivity index (χ4n) is 1.35. The second kappa shape index (κ2) is 4.58. The summed E-state index contributed by atoms with van der Waals surface area (Å²) in [4.78, 5) is 0. The minimum atomic E-state index is -0.782. The van der Waals surface area contributed by atoms with Crippen LogP contribution in [0.1, 0.15) is 38.4 Å². The van der Waals surface area contributed by atoms with E-state index < -0.39 is 11.7 Å². The van der Waals surface area contributed by atoms with Gasteiger partial charge >= 0.3 is 0 Å². The van der Waals surface area contributed by atoms with Crippen LogP contribution in [0.15, 0.2) is 30.3 Å². The van der Waals surface area contributed by atoms with Crippen LogP contribution in [0.25, 0.3) is 0 Å². The van der Waals surface area contributed by atoms with Gasteiger partial charge in [-0.2, -0.15) is 0 Å². The van der Waals surface area contributed by atoms with E-state index in [1.165, 1.54) is 0 Å². The SMILES string of the molecule is CCC(C)(O)CC(O)c1ccccc1. The van der Waals surface area contributed by atoms with Crippen molar-refractivity contribution in [2.24, 2.45) is 0 Å². The van der Waals surface area contributed by atoms with Crippen molar-refractivity contribution in [3.63, 3.8) is 0 Å². The molecule has 0 radical (unpaired) electrons. The van der Waals surface area contributed by atoms with Crippen LogP contribution in [0.5, 0.6) is 0 Å². The second-order valence-corrected chi connectivity index (χ2v) is 3.98. The molecule has 0 spiro atoms. The van der Waals surface area contributed by atoms with Crippen molar-refractivity contribution in [2.45, 2.75) is 38.4 Å². The first-order valence-corrected chi connectivity index (χ1v) is 5.00. The molecule has 1 aromatic carbocycles. The van der Waals surface area contributed by atoms with Gasteiger partial charge in [-0.1, -0.05) is 37.3 Å². The molecule has 0 saturated heterocycles. The number of benzene rings is 1. The average Bonchev–Trinajstić information content (AvgIpc) is 2.19. The number of hydrogen-bond donors (Lipinski definition) is 2. The molecule has 78 valence electrons. The van der Waals surface area contributed by atoms with Gasteiger partial charge in [0.05, 0.1) is 11.7 Å². The highest BCUT2D eigenvalue weighted by Gasteiger charge is 2.22. The van der Waals surface area contributed by atoms with Crippen LogP contribution in [0.2, 0.25) is 0 Å². The quantitative estimate of drug-likeness (QED) is 0.772. The summed E-state index contributed by atoms with van der Waals surface area (Å²) in [7, 11) is 0. The Morgan fingerprint density at radius 1 is 1.29 bits per heavy atom. The normalized spacial score (nSPS) is 17.4. The van der Waals surface area contributed by atoms with Gasteiger partial charge in [0.1, 0.15) is 0 Å². The Morgan fingerprint density at radius 2 is 1.86 bits per heavy atom. The van der Waals surface area contributed by atoms with Crippen LogP contribution in [0, 0.1) is 0 Å². The van der Waals surface area contributed by atoms with E-state index in [2.05, 4.69) is 0 Å². The highest BCUT2D eigenvalue weighted by molar-refractivity contribution is 5.17. The van der Waals surface area contributed by atoms with E-state index >= 15 is 0 Å².